The van der Waals surface area contributed by atoms with Gasteiger partial charge in [-0.15, -0.1) is 16.6 Å². The summed E-state index contributed by atoms with van der Waals surface area (Å²) in [5.74, 6) is 1.85. The van der Waals surface area contributed by atoms with E-state index in [4.69, 9.17) is 6.42 Å². The summed E-state index contributed by atoms with van der Waals surface area (Å²) < 4.78 is 53.6. The van der Waals surface area contributed by atoms with E-state index in [0.717, 1.165) is 46.8 Å². The lowest BCUT2D eigenvalue weighted by atomic mass is 9.88. The molecule has 39 heavy (non-hydrogen) atoms. The zero-order valence-corrected chi connectivity index (χ0v) is 21.9. The van der Waals surface area contributed by atoms with Crippen LogP contribution in [0.25, 0.3) is 5.57 Å². The number of halogens is 2. The summed E-state index contributed by atoms with van der Waals surface area (Å²) in [7, 11) is -3.90. The fourth-order valence-electron chi connectivity index (χ4n) is 4.70. The van der Waals surface area contributed by atoms with Crippen LogP contribution in [-0.4, -0.2) is 47.4 Å². The molecule has 2 heterocycles. The first-order valence-electron chi connectivity index (χ1n) is 12.5. The maximum Gasteiger partial charge on any atom is 0.299 e. The first-order chi connectivity index (χ1) is 18.8. The topological polar surface area (TPSA) is 68.1 Å². The first-order valence-corrected chi connectivity index (χ1v) is 14.0. The lowest BCUT2D eigenvalue weighted by Crippen LogP contribution is -2.33. The Hall–Kier alpha value is -4.13. The molecule has 1 aliphatic heterocycles. The van der Waals surface area contributed by atoms with E-state index in [-0.39, 0.29) is 16.5 Å². The van der Waals surface area contributed by atoms with E-state index < -0.39 is 10.0 Å². The van der Waals surface area contributed by atoms with Crippen LogP contribution in [0.3, 0.4) is 0 Å². The zero-order chi connectivity index (χ0) is 27.4. The number of rotatable bonds is 7. The number of piperidine rings is 1. The van der Waals surface area contributed by atoms with Crippen molar-refractivity contribution in [1.29, 1.82) is 0 Å². The summed E-state index contributed by atoms with van der Waals surface area (Å²) >= 11 is 0. The van der Waals surface area contributed by atoms with E-state index in [1.807, 2.05) is 0 Å². The molecule has 4 aromatic rings. The summed E-state index contributed by atoms with van der Waals surface area (Å²) in [5.41, 5.74) is 5.22. The summed E-state index contributed by atoms with van der Waals surface area (Å²) in [6.45, 7) is 2.30. The molecule has 1 fully saturated rings. The van der Waals surface area contributed by atoms with Crippen LogP contribution in [0.15, 0.2) is 89.5 Å². The fraction of sp³-hybridized carbons (Fsp3) is 0.200. The molecule has 3 aromatic carbocycles. The minimum absolute atomic E-state index is 0.0668. The Morgan fingerprint density at radius 1 is 0.872 bits per heavy atom. The van der Waals surface area contributed by atoms with Gasteiger partial charge in [0.05, 0.1) is 16.8 Å². The van der Waals surface area contributed by atoms with Crippen LogP contribution in [0.2, 0.25) is 0 Å². The lowest BCUT2D eigenvalue weighted by molar-refractivity contribution is 0.259. The summed E-state index contributed by atoms with van der Waals surface area (Å²) in [6, 6.07) is 18.8. The van der Waals surface area contributed by atoms with Gasteiger partial charge in [-0.3, -0.25) is 0 Å². The fourth-order valence-corrected chi connectivity index (χ4v) is 5.75. The van der Waals surface area contributed by atoms with Crippen LogP contribution in [-0.2, 0) is 16.4 Å². The smallest absolute Gasteiger partial charge is 0.299 e. The van der Waals surface area contributed by atoms with Crippen molar-refractivity contribution >= 4 is 15.6 Å². The van der Waals surface area contributed by atoms with Crippen LogP contribution in [0.4, 0.5) is 8.78 Å². The highest BCUT2D eigenvalue weighted by atomic mass is 32.2. The normalized spacial score (nSPS) is 14.2. The SMILES string of the molecule is C#Cc1ccc(S(=O)(=O)n2ncc(CCN3CCC(=C(c4ccc(F)cc4)c4ccc(F)cc4)CC3)n2)cc1. The van der Waals surface area contributed by atoms with Gasteiger partial charge in [-0.1, -0.05) is 40.0 Å². The molecule has 0 atom stereocenters. The Morgan fingerprint density at radius 2 is 1.44 bits per heavy atom. The van der Waals surface area contributed by atoms with Crippen molar-refractivity contribution < 1.29 is 17.2 Å². The van der Waals surface area contributed by atoms with E-state index in [0.29, 0.717) is 24.2 Å². The summed E-state index contributed by atoms with van der Waals surface area (Å²) in [6.07, 6.45) is 8.98. The van der Waals surface area contributed by atoms with Gasteiger partial charge in [0.2, 0.25) is 0 Å². The molecule has 6 nitrogen and oxygen atoms in total. The average Bonchev–Trinajstić information content (AvgIpc) is 3.45. The number of terminal acetylenes is 1. The monoisotopic (exact) mass is 544 g/mol. The van der Waals surface area contributed by atoms with Crippen molar-refractivity contribution in [1.82, 2.24) is 19.3 Å². The largest absolute Gasteiger partial charge is 0.302 e. The molecule has 0 aliphatic carbocycles. The van der Waals surface area contributed by atoms with Crippen molar-refractivity contribution in [2.75, 3.05) is 19.6 Å². The molecular weight excluding hydrogens is 518 g/mol. The average molecular weight is 545 g/mol. The molecule has 0 amide bonds. The van der Waals surface area contributed by atoms with Gasteiger partial charge in [-0.05, 0) is 78.1 Å². The minimum atomic E-state index is -3.90. The predicted molar refractivity (Wildman–Crippen MR) is 145 cm³/mol. The second kappa shape index (κ2) is 11.3. The first kappa shape index (κ1) is 26.5. The third-order valence-corrected chi connectivity index (χ3v) is 8.29. The summed E-state index contributed by atoms with van der Waals surface area (Å²) in [4.78, 5) is 2.36. The quantitative estimate of drug-likeness (QED) is 0.309. The molecule has 1 aliphatic rings. The van der Waals surface area contributed by atoms with Crippen molar-refractivity contribution in [2.24, 2.45) is 0 Å². The van der Waals surface area contributed by atoms with Gasteiger partial charge in [0.15, 0.2) is 0 Å². The minimum Gasteiger partial charge on any atom is -0.302 e. The highest BCUT2D eigenvalue weighted by molar-refractivity contribution is 7.89. The molecule has 0 spiro atoms. The van der Waals surface area contributed by atoms with Crippen LogP contribution in [0, 0.1) is 24.0 Å². The lowest BCUT2D eigenvalue weighted by Gasteiger charge is -2.30. The van der Waals surface area contributed by atoms with Crippen molar-refractivity contribution in [3.63, 3.8) is 0 Å². The highest BCUT2D eigenvalue weighted by Gasteiger charge is 2.22. The van der Waals surface area contributed by atoms with Gasteiger partial charge < -0.3 is 4.90 Å². The second-order valence-corrected chi connectivity index (χ2v) is 11.1. The van der Waals surface area contributed by atoms with Gasteiger partial charge in [0.25, 0.3) is 10.0 Å². The number of hydrogen-bond acceptors (Lipinski definition) is 5. The Balaban J connectivity index is 1.26. The maximum absolute atomic E-state index is 13.6. The maximum atomic E-state index is 13.6. The van der Waals surface area contributed by atoms with Crippen molar-refractivity contribution in [2.45, 2.75) is 24.2 Å². The van der Waals surface area contributed by atoms with Gasteiger partial charge in [0.1, 0.15) is 11.6 Å². The van der Waals surface area contributed by atoms with Crippen LogP contribution >= 0.6 is 0 Å². The number of aromatic nitrogens is 3. The molecule has 0 bridgehead atoms. The molecule has 1 saturated heterocycles. The van der Waals surface area contributed by atoms with E-state index in [2.05, 4.69) is 21.0 Å². The molecule has 5 rings (SSSR count). The molecule has 1 aromatic heterocycles. The molecule has 0 radical (unpaired) electrons. The third-order valence-electron chi connectivity index (χ3n) is 6.82. The molecule has 198 valence electrons. The van der Waals surface area contributed by atoms with E-state index in [1.165, 1.54) is 48.2 Å². The number of nitrogens with zero attached hydrogens (tertiary/aromatic N) is 4. The number of hydrogen-bond donors (Lipinski definition) is 0. The third kappa shape index (κ3) is 5.98. The van der Waals surface area contributed by atoms with Crippen LogP contribution in [0.5, 0.6) is 0 Å². The van der Waals surface area contributed by atoms with E-state index in [1.54, 1.807) is 36.4 Å². The molecule has 9 heteroatoms. The van der Waals surface area contributed by atoms with Gasteiger partial charge in [-0.2, -0.15) is 8.42 Å². The number of likely N-dealkylation sites (tertiary alicyclic amines) is 1. The van der Waals surface area contributed by atoms with Crippen molar-refractivity contribution in [3.8, 4) is 12.3 Å². The molecule has 0 saturated carbocycles. The van der Waals surface area contributed by atoms with Crippen LogP contribution < -0.4 is 0 Å². The van der Waals surface area contributed by atoms with E-state index in [9.17, 15) is 17.2 Å². The Kier molecular flexibility index (Phi) is 7.68. The van der Waals surface area contributed by atoms with E-state index >= 15 is 0 Å². The molecule has 0 unspecified atom stereocenters. The van der Waals surface area contributed by atoms with Crippen LogP contribution in [0.1, 0.15) is 35.2 Å². The Morgan fingerprint density at radius 3 is 1.97 bits per heavy atom. The second-order valence-electron chi connectivity index (χ2n) is 9.32. The van der Waals surface area contributed by atoms with Gasteiger partial charge >= 0.3 is 0 Å². The molecule has 0 N–H and O–H groups in total. The molecular formula is C30H26F2N4O2S. The highest BCUT2D eigenvalue weighted by Crippen LogP contribution is 2.32. The Bertz CT molecular complexity index is 1580. The Labute approximate surface area is 226 Å². The van der Waals surface area contributed by atoms with Gasteiger partial charge in [-0.25, -0.2) is 8.78 Å². The summed E-state index contributed by atoms with van der Waals surface area (Å²) in [5, 5.41) is 8.19. The predicted octanol–water partition coefficient (Wildman–Crippen LogP) is 4.92. The van der Waals surface area contributed by atoms with Gasteiger partial charge in [0, 0.05) is 31.6 Å². The number of benzene rings is 3. The van der Waals surface area contributed by atoms with Crippen molar-refractivity contribution in [3.05, 3.63) is 119 Å². The zero-order valence-electron chi connectivity index (χ0n) is 21.1. The standard InChI is InChI=1S/C30H26F2N4O2S/c1-2-22-3-13-29(14-4-22)39(37,38)36-33-21-28(34-36)17-20-35-18-15-25(16-19-35)30(23-5-9-26(31)10-6-23)24-7-11-27(32)12-8-24/h1,3-14,21H,15-20H2.